The van der Waals surface area contributed by atoms with E-state index in [1.807, 2.05) is 37.3 Å². The summed E-state index contributed by atoms with van der Waals surface area (Å²) in [7, 11) is 0. The summed E-state index contributed by atoms with van der Waals surface area (Å²) in [6.45, 7) is 1.93. The molecule has 0 aliphatic rings. The van der Waals surface area contributed by atoms with E-state index >= 15 is 0 Å². The van der Waals surface area contributed by atoms with E-state index in [9.17, 15) is 9.59 Å². The fourth-order valence-electron chi connectivity index (χ4n) is 2.06. The van der Waals surface area contributed by atoms with E-state index in [1.54, 1.807) is 18.2 Å². The number of amides is 1. The van der Waals surface area contributed by atoms with Gasteiger partial charge in [-0.2, -0.15) is 0 Å². The minimum absolute atomic E-state index is 0.191. The number of benzene rings is 2. The number of halogens is 1. The zero-order chi connectivity index (χ0) is 18.1. The number of nitrogens with one attached hydrogen (secondary N) is 1. The van der Waals surface area contributed by atoms with Crippen molar-refractivity contribution < 1.29 is 19.1 Å². The second-order valence-electron chi connectivity index (χ2n) is 5.43. The molecule has 1 amide bonds. The largest absolute Gasteiger partial charge is 0.494 e. The van der Waals surface area contributed by atoms with E-state index < -0.39 is 11.9 Å². The van der Waals surface area contributed by atoms with Gasteiger partial charge in [0.2, 0.25) is 0 Å². The Hall–Kier alpha value is -2.53. The van der Waals surface area contributed by atoms with Gasteiger partial charge in [0.1, 0.15) is 5.75 Å². The third-order valence-corrected chi connectivity index (χ3v) is 3.61. The number of carbonyl (C=O) groups excluding carboxylic acids is 2. The predicted octanol–water partition coefficient (Wildman–Crippen LogP) is 3.99. The quantitative estimate of drug-likeness (QED) is 0.570. The van der Waals surface area contributed by atoms with Crippen molar-refractivity contribution in [2.24, 2.45) is 0 Å². The number of ether oxygens (including phenoxy) is 2. The Balaban J connectivity index is 1.64. The molecular formula is C19H20ClNO4. The van der Waals surface area contributed by atoms with E-state index in [0.29, 0.717) is 23.7 Å². The van der Waals surface area contributed by atoms with E-state index in [1.165, 1.54) is 0 Å². The van der Waals surface area contributed by atoms with Crippen LogP contribution in [0, 0.1) is 6.92 Å². The summed E-state index contributed by atoms with van der Waals surface area (Å²) in [5, 5.41) is 3.19. The van der Waals surface area contributed by atoms with Gasteiger partial charge >= 0.3 is 5.97 Å². The maximum absolute atomic E-state index is 11.8. The minimum Gasteiger partial charge on any atom is -0.494 e. The fourth-order valence-corrected chi connectivity index (χ4v) is 2.23. The summed E-state index contributed by atoms with van der Waals surface area (Å²) in [5.41, 5.74) is 1.48. The number of anilines is 1. The molecule has 0 radical (unpaired) electrons. The lowest BCUT2D eigenvalue weighted by molar-refractivity contribution is -0.147. The highest BCUT2D eigenvalue weighted by molar-refractivity contribution is 6.31. The highest BCUT2D eigenvalue weighted by Gasteiger charge is 2.09. The second kappa shape index (κ2) is 9.69. The Bertz CT molecular complexity index is 719. The number of hydrogen-bond acceptors (Lipinski definition) is 4. The van der Waals surface area contributed by atoms with Gasteiger partial charge < -0.3 is 14.8 Å². The van der Waals surface area contributed by atoms with Gasteiger partial charge in [-0.05, 0) is 43.2 Å². The SMILES string of the molecule is Cc1ccc(Cl)cc1NC(=O)COC(=O)CCCOc1ccccc1. The summed E-state index contributed by atoms with van der Waals surface area (Å²) in [6, 6.07) is 14.5. The van der Waals surface area contributed by atoms with Crippen molar-refractivity contribution in [1.29, 1.82) is 0 Å². The Labute approximate surface area is 151 Å². The lowest BCUT2D eigenvalue weighted by Crippen LogP contribution is -2.21. The van der Waals surface area contributed by atoms with Crippen molar-refractivity contribution in [2.75, 3.05) is 18.5 Å². The van der Waals surface area contributed by atoms with Crippen LogP contribution in [0.2, 0.25) is 5.02 Å². The van der Waals surface area contributed by atoms with Crippen LogP contribution in [-0.2, 0) is 14.3 Å². The summed E-state index contributed by atoms with van der Waals surface area (Å²) >= 11 is 5.89. The normalized spacial score (nSPS) is 10.2. The van der Waals surface area contributed by atoms with E-state index in [4.69, 9.17) is 21.1 Å². The standard InChI is InChI=1S/C19H20ClNO4/c1-14-9-10-15(20)12-17(14)21-18(22)13-25-19(23)8-5-11-24-16-6-3-2-4-7-16/h2-4,6-7,9-10,12H,5,8,11,13H2,1H3,(H,21,22). The van der Waals surface area contributed by atoms with Gasteiger partial charge in [0.15, 0.2) is 6.61 Å². The highest BCUT2D eigenvalue weighted by atomic mass is 35.5. The van der Waals surface area contributed by atoms with Gasteiger partial charge in [0, 0.05) is 17.1 Å². The molecule has 5 nitrogen and oxygen atoms in total. The van der Waals surface area contributed by atoms with Crippen molar-refractivity contribution in [1.82, 2.24) is 0 Å². The first-order valence-corrected chi connectivity index (χ1v) is 8.32. The molecule has 2 aromatic rings. The fraction of sp³-hybridized carbons (Fsp3) is 0.263. The average molecular weight is 362 g/mol. The van der Waals surface area contributed by atoms with Gasteiger partial charge in [0.05, 0.1) is 6.61 Å². The maximum Gasteiger partial charge on any atom is 0.306 e. The van der Waals surface area contributed by atoms with Crippen LogP contribution in [0.4, 0.5) is 5.69 Å². The summed E-state index contributed by atoms with van der Waals surface area (Å²) in [6.07, 6.45) is 0.707. The molecule has 2 aromatic carbocycles. The van der Waals surface area contributed by atoms with Gasteiger partial charge in [-0.3, -0.25) is 9.59 Å². The molecule has 0 bridgehead atoms. The molecule has 0 saturated carbocycles. The lowest BCUT2D eigenvalue weighted by atomic mass is 10.2. The lowest BCUT2D eigenvalue weighted by Gasteiger charge is -2.09. The molecule has 0 aromatic heterocycles. The van der Waals surface area contributed by atoms with Gasteiger partial charge in [0.25, 0.3) is 5.91 Å². The van der Waals surface area contributed by atoms with E-state index in [0.717, 1.165) is 11.3 Å². The van der Waals surface area contributed by atoms with Gasteiger partial charge in [-0.25, -0.2) is 0 Å². The molecule has 6 heteroatoms. The Morgan fingerprint density at radius 2 is 1.88 bits per heavy atom. The zero-order valence-corrected chi connectivity index (χ0v) is 14.7. The molecular weight excluding hydrogens is 342 g/mol. The first-order valence-electron chi connectivity index (χ1n) is 7.94. The van der Waals surface area contributed by atoms with Crippen molar-refractivity contribution >= 4 is 29.2 Å². The number of esters is 1. The molecule has 0 aliphatic carbocycles. The number of rotatable bonds is 8. The maximum atomic E-state index is 11.8. The predicted molar refractivity (Wildman–Crippen MR) is 96.9 cm³/mol. The molecule has 0 fully saturated rings. The Morgan fingerprint density at radius 3 is 2.64 bits per heavy atom. The smallest absolute Gasteiger partial charge is 0.306 e. The van der Waals surface area contributed by atoms with Crippen LogP contribution in [-0.4, -0.2) is 25.1 Å². The van der Waals surface area contributed by atoms with Crippen LogP contribution in [0.3, 0.4) is 0 Å². The monoisotopic (exact) mass is 361 g/mol. The highest BCUT2D eigenvalue weighted by Crippen LogP contribution is 2.20. The van der Waals surface area contributed by atoms with Gasteiger partial charge in [-0.15, -0.1) is 0 Å². The third-order valence-electron chi connectivity index (χ3n) is 3.38. The average Bonchev–Trinajstić information content (AvgIpc) is 2.61. The number of hydrogen-bond donors (Lipinski definition) is 1. The van der Waals surface area contributed by atoms with E-state index in [-0.39, 0.29) is 13.0 Å². The number of para-hydroxylation sites is 1. The van der Waals surface area contributed by atoms with Crippen LogP contribution < -0.4 is 10.1 Å². The molecule has 2 rings (SSSR count). The molecule has 0 spiro atoms. The first-order chi connectivity index (χ1) is 12.0. The molecule has 132 valence electrons. The number of carbonyl (C=O) groups is 2. The van der Waals surface area contributed by atoms with E-state index in [2.05, 4.69) is 5.32 Å². The number of aryl methyl sites for hydroxylation is 1. The van der Waals surface area contributed by atoms with Crippen molar-refractivity contribution in [3.05, 3.63) is 59.1 Å². The Morgan fingerprint density at radius 1 is 1.12 bits per heavy atom. The van der Waals surface area contributed by atoms with Crippen LogP contribution in [0.5, 0.6) is 5.75 Å². The summed E-state index contributed by atoms with van der Waals surface area (Å²) in [4.78, 5) is 23.5. The second-order valence-corrected chi connectivity index (χ2v) is 5.87. The molecule has 1 N–H and O–H groups in total. The summed E-state index contributed by atoms with van der Waals surface area (Å²) in [5.74, 6) is -0.0824. The molecule has 25 heavy (non-hydrogen) atoms. The van der Waals surface area contributed by atoms with Crippen LogP contribution >= 0.6 is 11.6 Å². The molecule has 0 aliphatic heterocycles. The molecule has 0 unspecified atom stereocenters. The molecule has 0 heterocycles. The van der Waals surface area contributed by atoms with Crippen molar-refractivity contribution in [2.45, 2.75) is 19.8 Å². The minimum atomic E-state index is -0.436. The van der Waals surface area contributed by atoms with Crippen molar-refractivity contribution in [3.63, 3.8) is 0 Å². The first kappa shape index (κ1) is 18.8. The van der Waals surface area contributed by atoms with Gasteiger partial charge in [-0.1, -0.05) is 35.9 Å². The van der Waals surface area contributed by atoms with Crippen LogP contribution in [0.15, 0.2) is 48.5 Å². The zero-order valence-electron chi connectivity index (χ0n) is 14.0. The van der Waals surface area contributed by atoms with Crippen LogP contribution in [0.25, 0.3) is 0 Å². The van der Waals surface area contributed by atoms with Crippen LogP contribution in [0.1, 0.15) is 18.4 Å². The van der Waals surface area contributed by atoms with Crippen molar-refractivity contribution in [3.8, 4) is 5.75 Å². The topological polar surface area (TPSA) is 64.6 Å². The molecule has 0 saturated heterocycles. The molecule has 0 atom stereocenters. The summed E-state index contributed by atoms with van der Waals surface area (Å²) < 4.78 is 10.4. The third kappa shape index (κ3) is 6.85. The Kier molecular flexibility index (Phi) is 7.29.